The van der Waals surface area contributed by atoms with E-state index in [0.29, 0.717) is 5.75 Å². The number of hydrogen-bond acceptors (Lipinski definition) is 4. The molecule has 0 radical (unpaired) electrons. The predicted octanol–water partition coefficient (Wildman–Crippen LogP) is 1.70. The van der Waals surface area contributed by atoms with Gasteiger partial charge >= 0.3 is 5.97 Å². The van der Waals surface area contributed by atoms with Gasteiger partial charge in [-0.1, -0.05) is 0 Å². The van der Waals surface area contributed by atoms with Gasteiger partial charge in [-0.15, -0.1) is 0 Å². The molecule has 0 saturated carbocycles. The summed E-state index contributed by atoms with van der Waals surface area (Å²) in [5.74, 6) is -0.430. The van der Waals surface area contributed by atoms with Crippen LogP contribution in [0.2, 0.25) is 0 Å². The molecule has 1 aromatic rings. The number of methoxy groups -OCH3 is 1. The average Bonchev–Trinajstić information content (AvgIpc) is 2.25. The maximum Gasteiger partial charge on any atom is 0.338 e. The minimum Gasteiger partial charge on any atom is -0.495 e. The number of benzene rings is 1. The van der Waals surface area contributed by atoms with E-state index in [1.165, 1.54) is 25.3 Å². The van der Waals surface area contributed by atoms with Crippen LogP contribution in [0.1, 0.15) is 10.4 Å². The minimum atomic E-state index is -2.68. The Hall–Kier alpha value is -1.85. The van der Waals surface area contributed by atoms with E-state index >= 15 is 0 Å². The lowest BCUT2D eigenvalue weighted by Gasteiger charge is -2.07. The van der Waals surface area contributed by atoms with Crippen molar-refractivity contribution in [3.05, 3.63) is 23.8 Å². The van der Waals surface area contributed by atoms with Gasteiger partial charge in [-0.3, -0.25) is 0 Å². The Bertz CT molecular complexity index is 382. The Morgan fingerprint density at radius 2 is 2.19 bits per heavy atom. The molecule has 0 bridgehead atoms. The molecule has 0 aromatic heterocycles. The van der Waals surface area contributed by atoms with Gasteiger partial charge in [0.2, 0.25) is 0 Å². The van der Waals surface area contributed by atoms with Crippen molar-refractivity contribution in [1.82, 2.24) is 0 Å². The van der Waals surface area contributed by atoms with Crippen molar-refractivity contribution >= 4 is 11.7 Å². The van der Waals surface area contributed by atoms with Crippen LogP contribution in [0, 0.1) is 0 Å². The summed E-state index contributed by atoms with van der Waals surface area (Å²) >= 11 is 0. The Morgan fingerprint density at radius 1 is 1.50 bits per heavy atom. The standard InChI is InChI=1S/C10H11F2NO3/c1-15-8-3-2-6(4-7(8)13)10(14)16-5-9(11)12/h2-4,9H,5,13H2,1H3. The molecule has 0 fully saturated rings. The van der Waals surface area contributed by atoms with E-state index in [1.54, 1.807) is 0 Å². The lowest BCUT2D eigenvalue weighted by Crippen LogP contribution is -2.12. The van der Waals surface area contributed by atoms with Crippen LogP contribution in [-0.4, -0.2) is 26.1 Å². The number of rotatable bonds is 4. The van der Waals surface area contributed by atoms with Gasteiger partial charge in [0, 0.05) is 0 Å². The molecule has 0 atom stereocenters. The first-order valence-corrected chi connectivity index (χ1v) is 4.43. The molecule has 0 aliphatic heterocycles. The summed E-state index contributed by atoms with van der Waals surface area (Å²) in [4.78, 5) is 11.2. The maximum absolute atomic E-state index is 11.8. The highest BCUT2D eigenvalue weighted by Crippen LogP contribution is 2.22. The predicted molar refractivity (Wildman–Crippen MR) is 53.7 cm³/mol. The fraction of sp³-hybridized carbons (Fsp3) is 0.300. The summed E-state index contributed by atoms with van der Waals surface area (Å²) in [5.41, 5.74) is 5.90. The molecule has 88 valence electrons. The summed E-state index contributed by atoms with van der Waals surface area (Å²) in [5, 5.41) is 0. The molecule has 0 aliphatic carbocycles. The average molecular weight is 231 g/mol. The van der Waals surface area contributed by atoms with Gasteiger partial charge in [0.05, 0.1) is 18.4 Å². The summed E-state index contributed by atoms with van der Waals surface area (Å²) in [6, 6.07) is 4.17. The largest absolute Gasteiger partial charge is 0.495 e. The van der Waals surface area contributed by atoms with Crippen LogP contribution >= 0.6 is 0 Å². The number of carbonyl (C=O) groups excluding carboxylic acids is 1. The second-order valence-electron chi connectivity index (χ2n) is 2.95. The molecule has 16 heavy (non-hydrogen) atoms. The molecule has 0 heterocycles. The molecular formula is C10H11F2NO3. The zero-order valence-electron chi connectivity index (χ0n) is 8.57. The van der Waals surface area contributed by atoms with Gasteiger partial charge in [-0.25, -0.2) is 13.6 Å². The van der Waals surface area contributed by atoms with Crippen LogP contribution in [0.5, 0.6) is 5.75 Å². The molecule has 1 rings (SSSR count). The third kappa shape index (κ3) is 3.08. The van der Waals surface area contributed by atoms with Gasteiger partial charge in [0.25, 0.3) is 6.43 Å². The number of nitrogen functional groups attached to an aromatic ring is 1. The van der Waals surface area contributed by atoms with Gasteiger partial charge in [-0.2, -0.15) is 0 Å². The minimum absolute atomic E-state index is 0.110. The zero-order valence-corrected chi connectivity index (χ0v) is 8.57. The molecule has 0 spiro atoms. The number of esters is 1. The molecule has 0 amide bonds. The Labute approximate surface area is 91.0 Å². The number of ether oxygens (including phenoxy) is 2. The third-order valence-corrected chi connectivity index (χ3v) is 1.81. The first-order chi connectivity index (χ1) is 7.54. The van der Waals surface area contributed by atoms with E-state index in [4.69, 9.17) is 10.5 Å². The summed E-state index contributed by atoms with van der Waals surface area (Å²) < 4.78 is 32.8. The van der Waals surface area contributed by atoms with Crippen molar-refractivity contribution < 1.29 is 23.0 Å². The van der Waals surface area contributed by atoms with Crippen molar-refractivity contribution in [3.63, 3.8) is 0 Å². The van der Waals surface area contributed by atoms with Crippen LogP contribution in [0.15, 0.2) is 18.2 Å². The van der Waals surface area contributed by atoms with Crippen molar-refractivity contribution in [2.24, 2.45) is 0 Å². The number of hydrogen-bond donors (Lipinski definition) is 1. The molecule has 0 saturated heterocycles. The monoisotopic (exact) mass is 231 g/mol. The summed E-state index contributed by atoms with van der Waals surface area (Å²) in [6.07, 6.45) is -2.68. The quantitative estimate of drug-likeness (QED) is 0.632. The van der Waals surface area contributed by atoms with E-state index in [9.17, 15) is 13.6 Å². The third-order valence-electron chi connectivity index (χ3n) is 1.81. The fourth-order valence-electron chi connectivity index (χ4n) is 1.08. The number of nitrogens with two attached hydrogens (primary N) is 1. The van der Waals surface area contributed by atoms with Crippen molar-refractivity contribution in [3.8, 4) is 5.75 Å². The highest BCUT2D eigenvalue weighted by molar-refractivity contribution is 5.91. The molecule has 0 aliphatic rings. The van der Waals surface area contributed by atoms with Crippen LogP contribution in [0.25, 0.3) is 0 Å². The molecule has 2 N–H and O–H groups in total. The topological polar surface area (TPSA) is 61.5 Å². The second-order valence-corrected chi connectivity index (χ2v) is 2.95. The smallest absolute Gasteiger partial charge is 0.338 e. The van der Waals surface area contributed by atoms with Crippen LogP contribution in [0.4, 0.5) is 14.5 Å². The van der Waals surface area contributed by atoms with Crippen molar-refractivity contribution in [2.45, 2.75) is 6.43 Å². The first-order valence-electron chi connectivity index (χ1n) is 4.43. The summed E-state index contributed by atoms with van der Waals surface area (Å²) in [7, 11) is 1.43. The van der Waals surface area contributed by atoms with E-state index in [-0.39, 0.29) is 11.3 Å². The Morgan fingerprint density at radius 3 is 2.69 bits per heavy atom. The van der Waals surface area contributed by atoms with Gasteiger partial charge < -0.3 is 15.2 Å². The van der Waals surface area contributed by atoms with Gasteiger partial charge in [0.1, 0.15) is 5.75 Å². The zero-order chi connectivity index (χ0) is 12.1. The van der Waals surface area contributed by atoms with E-state index < -0.39 is 19.0 Å². The molecule has 1 aromatic carbocycles. The fourth-order valence-corrected chi connectivity index (χ4v) is 1.08. The highest BCUT2D eigenvalue weighted by Gasteiger charge is 2.12. The van der Waals surface area contributed by atoms with Crippen LogP contribution < -0.4 is 10.5 Å². The van der Waals surface area contributed by atoms with E-state index in [2.05, 4.69) is 4.74 Å². The summed E-state index contributed by atoms with van der Waals surface area (Å²) in [6.45, 7) is -0.926. The molecule has 0 unspecified atom stereocenters. The van der Waals surface area contributed by atoms with Crippen molar-refractivity contribution in [2.75, 3.05) is 19.5 Å². The van der Waals surface area contributed by atoms with E-state index in [1.807, 2.05) is 0 Å². The van der Waals surface area contributed by atoms with Crippen molar-refractivity contribution in [1.29, 1.82) is 0 Å². The first kappa shape index (κ1) is 12.2. The lowest BCUT2D eigenvalue weighted by molar-refractivity contribution is 0.0160. The van der Waals surface area contributed by atoms with Crippen LogP contribution in [-0.2, 0) is 4.74 Å². The normalized spacial score (nSPS) is 10.2. The number of halogens is 2. The SMILES string of the molecule is COc1ccc(C(=O)OCC(F)F)cc1N. The second kappa shape index (κ2) is 5.29. The maximum atomic E-state index is 11.8. The molecule has 6 heteroatoms. The Balaban J connectivity index is 2.73. The molecular weight excluding hydrogens is 220 g/mol. The Kier molecular flexibility index (Phi) is 4.04. The van der Waals surface area contributed by atoms with E-state index in [0.717, 1.165) is 0 Å². The number of alkyl halides is 2. The number of anilines is 1. The lowest BCUT2D eigenvalue weighted by atomic mass is 10.2. The molecule has 4 nitrogen and oxygen atoms in total. The van der Waals surface area contributed by atoms with Gasteiger partial charge in [0.15, 0.2) is 6.61 Å². The number of carbonyl (C=O) groups is 1. The van der Waals surface area contributed by atoms with Gasteiger partial charge in [-0.05, 0) is 18.2 Å². The highest BCUT2D eigenvalue weighted by atomic mass is 19.3. The van der Waals surface area contributed by atoms with Crippen LogP contribution in [0.3, 0.4) is 0 Å².